The second kappa shape index (κ2) is 13.5. The predicted octanol–water partition coefficient (Wildman–Crippen LogP) is 5.35. The van der Waals surface area contributed by atoms with Gasteiger partial charge in [0.25, 0.3) is 11.8 Å². The maximum atomic E-state index is 13.3. The number of para-hydroxylation sites is 2. The third-order valence-electron chi connectivity index (χ3n) is 5.50. The molecule has 0 unspecified atom stereocenters. The van der Waals surface area contributed by atoms with E-state index in [0.717, 1.165) is 11.3 Å². The minimum Gasteiger partial charge on any atom is -0.493 e. The van der Waals surface area contributed by atoms with Crippen molar-refractivity contribution in [2.24, 2.45) is 4.99 Å². The summed E-state index contributed by atoms with van der Waals surface area (Å²) in [5.41, 5.74) is 2.23. The van der Waals surface area contributed by atoms with Crippen LogP contribution in [-0.4, -0.2) is 55.9 Å². The van der Waals surface area contributed by atoms with Crippen LogP contribution in [0.1, 0.15) is 12.0 Å². The van der Waals surface area contributed by atoms with Gasteiger partial charge in [0.1, 0.15) is 0 Å². The third kappa shape index (κ3) is 7.24. The molecule has 4 rings (SSSR count). The van der Waals surface area contributed by atoms with E-state index in [1.165, 1.54) is 18.9 Å². The maximum Gasteiger partial charge on any atom is 0.266 e. The molecule has 1 saturated heterocycles. The molecular formula is C29H29N3O5S. The van der Waals surface area contributed by atoms with E-state index in [1.807, 2.05) is 54.6 Å². The molecule has 0 spiro atoms. The second-order valence-electron chi connectivity index (χ2n) is 8.26. The number of hydrogen-bond acceptors (Lipinski definition) is 7. The van der Waals surface area contributed by atoms with Crippen molar-refractivity contribution >= 4 is 46.2 Å². The highest BCUT2D eigenvalue weighted by Crippen LogP contribution is 2.36. The summed E-state index contributed by atoms with van der Waals surface area (Å²) >= 11 is 1.33. The van der Waals surface area contributed by atoms with Crippen molar-refractivity contribution in [3.63, 3.8) is 0 Å². The number of ether oxygens (including phenoxy) is 3. The number of amides is 2. The first-order chi connectivity index (χ1) is 18.6. The number of methoxy groups -OCH3 is 2. The first-order valence-electron chi connectivity index (χ1n) is 12.1. The molecule has 0 saturated carbocycles. The van der Waals surface area contributed by atoms with Gasteiger partial charge in [-0.1, -0.05) is 42.5 Å². The molecule has 3 aromatic carbocycles. The zero-order valence-corrected chi connectivity index (χ0v) is 22.1. The molecule has 1 N–H and O–H groups in total. The summed E-state index contributed by atoms with van der Waals surface area (Å²) in [6.45, 7) is 0.883. The number of rotatable bonds is 11. The first-order valence-corrected chi connectivity index (χ1v) is 12.9. The number of benzene rings is 3. The van der Waals surface area contributed by atoms with Gasteiger partial charge in [0, 0.05) is 25.9 Å². The number of aliphatic imine (C=N–C) groups is 1. The molecule has 1 heterocycles. The Balaban J connectivity index is 1.48. The van der Waals surface area contributed by atoms with Crippen LogP contribution in [0.15, 0.2) is 88.8 Å². The molecule has 9 heteroatoms. The molecule has 0 aliphatic carbocycles. The highest BCUT2D eigenvalue weighted by atomic mass is 32.2. The van der Waals surface area contributed by atoms with Gasteiger partial charge in [0.05, 0.1) is 17.7 Å². The zero-order valence-electron chi connectivity index (χ0n) is 21.3. The van der Waals surface area contributed by atoms with Crippen LogP contribution in [0.4, 0.5) is 11.4 Å². The molecule has 8 nitrogen and oxygen atoms in total. The van der Waals surface area contributed by atoms with E-state index in [0.29, 0.717) is 46.8 Å². The lowest BCUT2D eigenvalue weighted by Gasteiger charge is -2.15. The van der Waals surface area contributed by atoms with Crippen molar-refractivity contribution in [1.82, 2.24) is 4.90 Å². The number of carbonyl (C=O) groups is 2. The molecule has 196 valence electrons. The van der Waals surface area contributed by atoms with Gasteiger partial charge in [-0.15, -0.1) is 0 Å². The van der Waals surface area contributed by atoms with Gasteiger partial charge in [-0.25, -0.2) is 4.99 Å². The molecule has 1 aliphatic rings. The van der Waals surface area contributed by atoms with Crippen LogP contribution in [0.5, 0.6) is 11.5 Å². The van der Waals surface area contributed by atoms with Gasteiger partial charge >= 0.3 is 0 Å². The fraction of sp³-hybridized carbons (Fsp3) is 0.207. The fourth-order valence-corrected chi connectivity index (χ4v) is 4.70. The molecule has 38 heavy (non-hydrogen) atoms. The van der Waals surface area contributed by atoms with Crippen molar-refractivity contribution in [2.75, 3.05) is 39.3 Å². The Morgan fingerprint density at radius 2 is 1.74 bits per heavy atom. The van der Waals surface area contributed by atoms with Gasteiger partial charge < -0.3 is 19.5 Å². The Kier molecular flexibility index (Phi) is 9.55. The van der Waals surface area contributed by atoms with E-state index in [4.69, 9.17) is 19.2 Å². The quantitative estimate of drug-likeness (QED) is 0.265. The Labute approximate surface area is 226 Å². The molecular weight excluding hydrogens is 502 g/mol. The average Bonchev–Trinajstić information content (AvgIpc) is 3.22. The Bertz CT molecular complexity index is 1310. The van der Waals surface area contributed by atoms with Crippen molar-refractivity contribution in [3.05, 3.63) is 89.3 Å². The smallest absolute Gasteiger partial charge is 0.266 e. The van der Waals surface area contributed by atoms with Crippen LogP contribution in [-0.2, 0) is 14.3 Å². The summed E-state index contributed by atoms with van der Waals surface area (Å²) in [6, 6.07) is 24.0. The van der Waals surface area contributed by atoms with E-state index in [1.54, 1.807) is 42.4 Å². The zero-order chi connectivity index (χ0) is 26.7. The molecule has 3 aromatic rings. The van der Waals surface area contributed by atoms with Crippen LogP contribution in [0.2, 0.25) is 0 Å². The molecule has 1 aliphatic heterocycles. The number of nitrogens with one attached hydrogen (secondary N) is 1. The second-order valence-corrected chi connectivity index (χ2v) is 9.27. The van der Waals surface area contributed by atoms with Gasteiger partial charge in [0.15, 0.2) is 23.3 Å². The van der Waals surface area contributed by atoms with E-state index < -0.39 is 0 Å². The highest BCUT2D eigenvalue weighted by molar-refractivity contribution is 8.18. The summed E-state index contributed by atoms with van der Waals surface area (Å²) in [4.78, 5) is 32.5. The standard InChI is InChI=1S/C29H29N3O5S/c1-35-17-9-16-32-28(34)26(38-29(32)31-23-12-7-4-8-13-23)19-21-14-15-24(25(18-21)36-2)37-20-27(33)30-22-10-5-3-6-11-22/h3-8,10-15,18-19H,9,16-17,20H2,1-2H3,(H,30,33)/b26-19-,31-29?. The number of anilines is 1. The lowest BCUT2D eigenvalue weighted by Crippen LogP contribution is -2.30. The monoisotopic (exact) mass is 531 g/mol. The van der Waals surface area contributed by atoms with E-state index >= 15 is 0 Å². The van der Waals surface area contributed by atoms with Crippen molar-refractivity contribution in [3.8, 4) is 11.5 Å². The van der Waals surface area contributed by atoms with Crippen LogP contribution >= 0.6 is 11.8 Å². The average molecular weight is 532 g/mol. The third-order valence-corrected chi connectivity index (χ3v) is 6.51. The SMILES string of the molecule is COCCCN1C(=O)/C(=C/c2ccc(OCC(=O)Nc3ccccc3)c(OC)c2)SC1=Nc1ccccc1. The normalized spacial score (nSPS) is 15.2. The largest absolute Gasteiger partial charge is 0.493 e. The van der Waals surface area contributed by atoms with E-state index in [2.05, 4.69) is 5.32 Å². The number of carbonyl (C=O) groups excluding carboxylic acids is 2. The topological polar surface area (TPSA) is 89.5 Å². The van der Waals surface area contributed by atoms with Crippen molar-refractivity contribution in [1.29, 1.82) is 0 Å². The van der Waals surface area contributed by atoms with Crippen molar-refractivity contribution in [2.45, 2.75) is 6.42 Å². The maximum absolute atomic E-state index is 13.3. The van der Waals surface area contributed by atoms with Gasteiger partial charge in [-0.3, -0.25) is 14.5 Å². The molecule has 0 radical (unpaired) electrons. The first kappa shape index (κ1) is 27.0. The molecule has 0 bridgehead atoms. The fourth-order valence-electron chi connectivity index (χ4n) is 3.67. The minimum absolute atomic E-state index is 0.113. The Morgan fingerprint density at radius 3 is 2.45 bits per heavy atom. The van der Waals surface area contributed by atoms with Crippen molar-refractivity contribution < 1.29 is 23.8 Å². The van der Waals surface area contributed by atoms with Gasteiger partial charge in [-0.2, -0.15) is 0 Å². The molecule has 0 atom stereocenters. The number of nitrogens with zero attached hydrogens (tertiary/aromatic N) is 2. The van der Waals surface area contributed by atoms with E-state index in [9.17, 15) is 9.59 Å². The Morgan fingerprint density at radius 1 is 1.00 bits per heavy atom. The molecule has 2 amide bonds. The molecule has 0 aromatic heterocycles. The van der Waals surface area contributed by atoms with E-state index in [-0.39, 0.29) is 18.4 Å². The van der Waals surface area contributed by atoms with Crippen LogP contribution in [0.3, 0.4) is 0 Å². The van der Waals surface area contributed by atoms with Crippen LogP contribution < -0.4 is 14.8 Å². The minimum atomic E-state index is -0.281. The Hall–Kier alpha value is -4.08. The summed E-state index contributed by atoms with van der Waals surface area (Å²) in [5, 5.41) is 3.40. The summed E-state index contributed by atoms with van der Waals surface area (Å²) in [6.07, 6.45) is 2.50. The van der Waals surface area contributed by atoms with Gasteiger partial charge in [0.2, 0.25) is 0 Å². The molecule has 1 fully saturated rings. The van der Waals surface area contributed by atoms with Gasteiger partial charge in [-0.05, 0) is 66.2 Å². The van der Waals surface area contributed by atoms with Crippen LogP contribution in [0.25, 0.3) is 6.08 Å². The lowest BCUT2D eigenvalue weighted by atomic mass is 10.2. The lowest BCUT2D eigenvalue weighted by molar-refractivity contribution is -0.122. The number of amidine groups is 1. The predicted molar refractivity (Wildman–Crippen MR) is 151 cm³/mol. The summed E-state index contributed by atoms with van der Waals surface area (Å²) < 4.78 is 16.3. The number of hydrogen-bond donors (Lipinski definition) is 1. The summed E-state index contributed by atoms with van der Waals surface area (Å²) in [7, 11) is 3.17. The summed E-state index contributed by atoms with van der Waals surface area (Å²) in [5.74, 6) is 0.488. The highest BCUT2D eigenvalue weighted by Gasteiger charge is 2.33. The number of thioether (sulfide) groups is 1. The van der Waals surface area contributed by atoms with Crippen LogP contribution in [0, 0.1) is 0 Å².